The lowest BCUT2D eigenvalue weighted by atomic mass is 10.1. The van der Waals surface area contributed by atoms with E-state index < -0.39 is 40.1 Å². The van der Waals surface area contributed by atoms with Gasteiger partial charge in [-0.05, 0) is 60.7 Å². The molecule has 0 saturated carbocycles. The van der Waals surface area contributed by atoms with Crippen LogP contribution >= 0.6 is 0 Å². The van der Waals surface area contributed by atoms with E-state index in [0.29, 0.717) is 36.5 Å². The zero-order valence-electron chi connectivity index (χ0n) is 21.1. The maximum Gasteiger partial charge on any atom is 0.416 e. The molecular formula is C27H28F3N3O5S. The van der Waals surface area contributed by atoms with Crippen molar-refractivity contribution < 1.29 is 36.2 Å². The number of aliphatic hydroxyl groups is 1. The highest BCUT2D eigenvalue weighted by atomic mass is 32.2. The first kappa shape index (κ1) is 28.4. The number of anilines is 1. The number of aromatic nitrogens is 1. The van der Waals surface area contributed by atoms with Gasteiger partial charge in [-0.1, -0.05) is 6.92 Å². The first-order valence-corrected chi connectivity index (χ1v) is 13.9. The van der Waals surface area contributed by atoms with E-state index in [0.717, 1.165) is 17.8 Å². The fraction of sp³-hybridized carbons (Fsp3) is 0.333. The van der Waals surface area contributed by atoms with Gasteiger partial charge in [-0.25, -0.2) is 8.42 Å². The molecule has 1 aliphatic heterocycles. The monoisotopic (exact) mass is 563 g/mol. The number of benzene rings is 2. The predicted octanol–water partition coefficient (Wildman–Crippen LogP) is 4.02. The Kier molecular flexibility index (Phi) is 8.45. The lowest BCUT2D eigenvalue weighted by Gasteiger charge is -2.20. The summed E-state index contributed by atoms with van der Waals surface area (Å²) in [6, 6.07) is 13.5. The van der Waals surface area contributed by atoms with Gasteiger partial charge in [0.05, 0.1) is 41.1 Å². The Balaban J connectivity index is 1.34. The Bertz CT molecular complexity index is 1380. The molecule has 1 fully saturated rings. The van der Waals surface area contributed by atoms with Crippen LogP contribution in [-0.4, -0.2) is 56.0 Å². The minimum absolute atomic E-state index is 0.0611. The first-order valence-electron chi connectivity index (χ1n) is 12.3. The number of rotatable bonds is 9. The van der Waals surface area contributed by atoms with Crippen LogP contribution in [0.3, 0.4) is 0 Å². The molecule has 1 aromatic heterocycles. The van der Waals surface area contributed by atoms with Crippen LogP contribution in [-0.2, 0) is 16.0 Å². The number of nitrogens with one attached hydrogen (secondary N) is 1. The maximum absolute atomic E-state index is 12.8. The molecule has 208 valence electrons. The average Bonchev–Trinajstić information content (AvgIpc) is 3.40. The van der Waals surface area contributed by atoms with E-state index in [1.165, 1.54) is 37.4 Å². The van der Waals surface area contributed by atoms with E-state index in [1.807, 2.05) is 0 Å². The molecule has 0 unspecified atom stereocenters. The number of hydrogen-bond acceptors (Lipinski definition) is 7. The van der Waals surface area contributed by atoms with Crippen molar-refractivity contribution in [1.29, 1.82) is 0 Å². The van der Waals surface area contributed by atoms with Gasteiger partial charge < -0.3 is 20.1 Å². The first-order chi connectivity index (χ1) is 18.5. The van der Waals surface area contributed by atoms with E-state index in [9.17, 15) is 31.5 Å². The lowest BCUT2D eigenvalue weighted by molar-refractivity contribution is -0.137. The molecule has 0 radical (unpaired) electrons. The molecule has 2 heterocycles. The Morgan fingerprint density at radius 1 is 1.13 bits per heavy atom. The van der Waals surface area contributed by atoms with Crippen LogP contribution in [0.1, 0.15) is 41.0 Å². The number of alkyl halides is 3. The van der Waals surface area contributed by atoms with Crippen molar-refractivity contribution in [2.45, 2.75) is 36.6 Å². The molecule has 1 saturated heterocycles. The van der Waals surface area contributed by atoms with Crippen LogP contribution in [0, 0.1) is 0 Å². The van der Waals surface area contributed by atoms with Crippen molar-refractivity contribution >= 4 is 21.4 Å². The Hall–Kier alpha value is -3.64. The fourth-order valence-corrected chi connectivity index (χ4v) is 5.02. The molecule has 12 heteroatoms. The van der Waals surface area contributed by atoms with Gasteiger partial charge in [0.1, 0.15) is 11.9 Å². The average molecular weight is 564 g/mol. The molecule has 1 amide bonds. The number of carbonyl (C=O) groups excluding carboxylic acids is 1. The SMILES string of the molecule is CCS(=O)(=O)c1ccc([C@H](CO)NC(=O)c2ccc(N3CC[C@H](Oc4ccc(C(F)(F)F)cc4)C3)cc2)nc1. The third-order valence-electron chi connectivity index (χ3n) is 6.47. The van der Waals surface area contributed by atoms with Crippen molar-refractivity contribution in [1.82, 2.24) is 10.3 Å². The van der Waals surface area contributed by atoms with Crippen LogP contribution in [0.2, 0.25) is 0 Å². The molecule has 39 heavy (non-hydrogen) atoms. The summed E-state index contributed by atoms with van der Waals surface area (Å²) < 4.78 is 68.1. The molecule has 8 nitrogen and oxygen atoms in total. The Morgan fingerprint density at radius 2 is 1.82 bits per heavy atom. The van der Waals surface area contributed by atoms with Gasteiger partial charge in [0.15, 0.2) is 9.84 Å². The summed E-state index contributed by atoms with van der Waals surface area (Å²) in [5, 5.41) is 12.5. The second-order valence-electron chi connectivity index (χ2n) is 9.07. The second-order valence-corrected chi connectivity index (χ2v) is 11.4. The van der Waals surface area contributed by atoms with Crippen LogP contribution < -0.4 is 15.0 Å². The van der Waals surface area contributed by atoms with Gasteiger partial charge in [-0.2, -0.15) is 13.2 Å². The van der Waals surface area contributed by atoms with Crippen molar-refractivity contribution in [2.75, 3.05) is 30.3 Å². The number of halogens is 3. The smallest absolute Gasteiger partial charge is 0.416 e. The number of hydrogen-bond donors (Lipinski definition) is 2. The number of ether oxygens (including phenoxy) is 1. The summed E-state index contributed by atoms with van der Waals surface area (Å²) in [6.07, 6.45) is -2.69. The summed E-state index contributed by atoms with van der Waals surface area (Å²) >= 11 is 0. The molecule has 2 atom stereocenters. The molecule has 0 aliphatic carbocycles. The van der Waals surface area contributed by atoms with Gasteiger partial charge in [-0.15, -0.1) is 0 Å². The molecule has 0 bridgehead atoms. The molecule has 3 aromatic rings. The Labute approximate surface area is 224 Å². The minimum Gasteiger partial charge on any atom is -0.489 e. The van der Waals surface area contributed by atoms with Crippen LogP contribution in [0.4, 0.5) is 18.9 Å². The lowest BCUT2D eigenvalue weighted by Crippen LogP contribution is -2.31. The fourth-order valence-electron chi connectivity index (χ4n) is 4.20. The van der Waals surface area contributed by atoms with Gasteiger partial charge in [0.25, 0.3) is 5.91 Å². The van der Waals surface area contributed by atoms with Gasteiger partial charge in [0, 0.05) is 30.4 Å². The third kappa shape index (κ3) is 6.87. The quantitative estimate of drug-likeness (QED) is 0.405. The zero-order valence-corrected chi connectivity index (χ0v) is 21.9. The van der Waals surface area contributed by atoms with E-state index in [-0.39, 0.29) is 16.8 Å². The van der Waals surface area contributed by atoms with Crippen molar-refractivity contribution in [3.05, 3.63) is 83.7 Å². The highest BCUT2D eigenvalue weighted by Crippen LogP contribution is 2.31. The number of nitrogens with zero attached hydrogens (tertiary/aromatic N) is 2. The number of carbonyl (C=O) groups is 1. The largest absolute Gasteiger partial charge is 0.489 e. The number of pyridine rings is 1. The number of aliphatic hydroxyl groups excluding tert-OH is 1. The number of sulfone groups is 1. The predicted molar refractivity (Wildman–Crippen MR) is 138 cm³/mol. The van der Waals surface area contributed by atoms with Crippen LogP contribution in [0.5, 0.6) is 5.75 Å². The van der Waals surface area contributed by atoms with E-state index in [1.54, 1.807) is 24.3 Å². The summed E-state index contributed by atoms with van der Waals surface area (Å²) in [7, 11) is -3.41. The summed E-state index contributed by atoms with van der Waals surface area (Å²) in [5.74, 6) is -0.122. The van der Waals surface area contributed by atoms with E-state index >= 15 is 0 Å². The summed E-state index contributed by atoms with van der Waals surface area (Å²) in [5.41, 5.74) is 0.819. The zero-order chi connectivity index (χ0) is 28.2. The molecule has 2 N–H and O–H groups in total. The molecule has 2 aromatic carbocycles. The maximum atomic E-state index is 12.8. The number of amides is 1. The van der Waals surface area contributed by atoms with Crippen molar-refractivity contribution in [2.24, 2.45) is 0 Å². The van der Waals surface area contributed by atoms with Gasteiger partial charge in [0.2, 0.25) is 0 Å². The van der Waals surface area contributed by atoms with Crippen molar-refractivity contribution in [3.8, 4) is 5.75 Å². The topological polar surface area (TPSA) is 109 Å². The second kappa shape index (κ2) is 11.6. The highest BCUT2D eigenvalue weighted by molar-refractivity contribution is 7.91. The normalized spacial score (nSPS) is 16.6. The molecular weight excluding hydrogens is 535 g/mol. The standard InChI is InChI=1S/C27H28F3N3O5S/c1-2-39(36,37)23-11-12-24(31-15-23)25(17-34)32-26(35)18-3-7-20(8-4-18)33-14-13-22(16-33)38-21-9-5-19(6-10-21)27(28,29)30/h3-12,15,22,25,34H,2,13-14,16-17H2,1H3,(H,32,35)/t22-,25-/m0/s1. The third-order valence-corrected chi connectivity index (χ3v) is 8.19. The van der Waals surface area contributed by atoms with Crippen LogP contribution in [0.25, 0.3) is 0 Å². The van der Waals surface area contributed by atoms with Gasteiger partial charge in [-0.3, -0.25) is 9.78 Å². The van der Waals surface area contributed by atoms with Crippen molar-refractivity contribution in [3.63, 3.8) is 0 Å². The Morgan fingerprint density at radius 3 is 2.38 bits per heavy atom. The molecule has 4 rings (SSSR count). The molecule has 0 spiro atoms. The van der Waals surface area contributed by atoms with Crippen LogP contribution in [0.15, 0.2) is 71.8 Å². The minimum atomic E-state index is -4.40. The van der Waals surface area contributed by atoms with E-state index in [2.05, 4.69) is 15.2 Å². The van der Waals surface area contributed by atoms with E-state index in [4.69, 9.17) is 4.74 Å². The highest BCUT2D eigenvalue weighted by Gasteiger charge is 2.30. The molecule has 1 aliphatic rings. The van der Waals surface area contributed by atoms with Gasteiger partial charge >= 0.3 is 6.18 Å². The summed E-state index contributed by atoms with van der Waals surface area (Å²) in [4.78, 5) is 19.0. The summed E-state index contributed by atoms with van der Waals surface area (Å²) in [6.45, 7) is 2.32.